The van der Waals surface area contributed by atoms with Gasteiger partial charge in [-0.3, -0.25) is 14.9 Å². The Morgan fingerprint density at radius 3 is 2.86 bits per heavy atom. The molecule has 1 N–H and O–H groups in total. The van der Waals surface area contributed by atoms with E-state index in [1.54, 1.807) is 24.4 Å². The second-order valence-electron chi connectivity index (χ2n) is 4.09. The molecule has 0 aliphatic carbocycles. The fraction of sp³-hybridized carbons (Fsp3) is 0.154. The van der Waals surface area contributed by atoms with Crippen molar-refractivity contribution in [2.45, 2.75) is 12.1 Å². The highest BCUT2D eigenvalue weighted by molar-refractivity contribution is 7.99. The molecule has 108 valence electrons. The fourth-order valence-corrected chi connectivity index (χ4v) is 2.23. The zero-order valence-electron chi connectivity index (χ0n) is 11.1. The average molecular weight is 304 g/mol. The second-order valence-corrected chi connectivity index (χ2v) is 5.03. The van der Waals surface area contributed by atoms with Gasteiger partial charge in [0.05, 0.1) is 10.7 Å². The van der Waals surface area contributed by atoms with Crippen LogP contribution in [-0.4, -0.2) is 26.6 Å². The Morgan fingerprint density at radius 2 is 2.14 bits per heavy atom. The van der Waals surface area contributed by atoms with Crippen molar-refractivity contribution < 1.29 is 9.72 Å². The number of thioether (sulfide) groups is 1. The van der Waals surface area contributed by atoms with Crippen molar-refractivity contribution in [1.29, 1.82) is 0 Å². The molecule has 0 fully saturated rings. The summed E-state index contributed by atoms with van der Waals surface area (Å²) < 4.78 is 0. The topological polar surface area (TPSA) is 98.0 Å². The number of hydrogen-bond acceptors (Lipinski definition) is 6. The van der Waals surface area contributed by atoms with Crippen LogP contribution in [0.25, 0.3) is 0 Å². The number of aromatic nitrogens is 2. The lowest BCUT2D eigenvalue weighted by Crippen LogP contribution is -2.15. The van der Waals surface area contributed by atoms with E-state index in [4.69, 9.17) is 0 Å². The summed E-state index contributed by atoms with van der Waals surface area (Å²) in [6.07, 6.45) is 1.62. The molecule has 21 heavy (non-hydrogen) atoms. The van der Waals surface area contributed by atoms with E-state index in [9.17, 15) is 14.9 Å². The van der Waals surface area contributed by atoms with Crippen LogP contribution < -0.4 is 5.32 Å². The van der Waals surface area contributed by atoms with Crippen LogP contribution in [0.5, 0.6) is 0 Å². The van der Waals surface area contributed by atoms with E-state index in [2.05, 4.69) is 15.3 Å². The molecular weight excluding hydrogens is 292 g/mol. The standard InChI is InChI=1S/C13H12N4O3S/c1-9-6-7-14-13(15-9)21-8-12(18)16-10-4-2-3-5-11(10)17(19)20/h2-7H,8H2,1H3,(H,16,18). The Bertz CT molecular complexity index is 678. The molecular formula is C13H12N4O3S. The number of nitrogens with one attached hydrogen (secondary N) is 1. The summed E-state index contributed by atoms with van der Waals surface area (Å²) in [4.78, 5) is 30.3. The summed E-state index contributed by atoms with van der Waals surface area (Å²) >= 11 is 1.17. The molecule has 1 aromatic carbocycles. The summed E-state index contributed by atoms with van der Waals surface area (Å²) in [6, 6.07) is 7.76. The van der Waals surface area contributed by atoms with E-state index in [1.807, 2.05) is 6.92 Å². The van der Waals surface area contributed by atoms with Crippen molar-refractivity contribution in [3.05, 3.63) is 52.3 Å². The van der Waals surface area contributed by atoms with Gasteiger partial charge in [0.1, 0.15) is 5.69 Å². The first-order valence-corrected chi connectivity index (χ1v) is 7.00. The highest BCUT2D eigenvalue weighted by Crippen LogP contribution is 2.23. The van der Waals surface area contributed by atoms with Gasteiger partial charge in [-0.15, -0.1) is 0 Å². The lowest BCUT2D eigenvalue weighted by molar-refractivity contribution is -0.383. The highest BCUT2D eigenvalue weighted by Gasteiger charge is 2.15. The van der Waals surface area contributed by atoms with E-state index < -0.39 is 4.92 Å². The normalized spacial score (nSPS) is 10.1. The van der Waals surface area contributed by atoms with Gasteiger partial charge in [-0.1, -0.05) is 23.9 Å². The first-order chi connectivity index (χ1) is 10.1. The third kappa shape index (κ3) is 4.25. The number of carbonyl (C=O) groups is 1. The lowest BCUT2D eigenvalue weighted by Gasteiger charge is -2.05. The number of benzene rings is 1. The summed E-state index contributed by atoms with van der Waals surface area (Å²) in [5.74, 6) is -0.269. The quantitative estimate of drug-likeness (QED) is 0.394. The molecule has 1 amide bonds. The Morgan fingerprint density at radius 1 is 1.38 bits per heavy atom. The predicted molar refractivity (Wildman–Crippen MR) is 79.2 cm³/mol. The van der Waals surface area contributed by atoms with E-state index in [-0.39, 0.29) is 23.0 Å². The minimum Gasteiger partial charge on any atom is -0.320 e. The maximum Gasteiger partial charge on any atom is 0.292 e. The second kappa shape index (κ2) is 6.80. The molecule has 0 spiro atoms. The first-order valence-electron chi connectivity index (χ1n) is 6.02. The van der Waals surface area contributed by atoms with Crippen molar-refractivity contribution in [2.24, 2.45) is 0 Å². The summed E-state index contributed by atoms with van der Waals surface area (Å²) in [7, 11) is 0. The summed E-state index contributed by atoms with van der Waals surface area (Å²) in [6.45, 7) is 1.83. The van der Waals surface area contributed by atoms with Crippen LogP contribution in [0.15, 0.2) is 41.7 Å². The molecule has 0 aliphatic heterocycles. The van der Waals surface area contributed by atoms with Gasteiger partial charge in [0.2, 0.25) is 5.91 Å². The first kappa shape index (κ1) is 14.9. The maximum absolute atomic E-state index is 11.8. The molecule has 1 aromatic heterocycles. The van der Waals surface area contributed by atoms with Crippen LogP contribution in [-0.2, 0) is 4.79 Å². The van der Waals surface area contributed by atoms with Crippen LogP contribution in [0.3, 0.4) is 0 Å². The molecule has 0 atom stereocenters. The Labute approximate surface area is 125 Å². The maximum atomic E-state index is 11.8. The SMILES string of the molecule is Cc1ccnc(SCC(=O)Nc2ccccc2[N+](=O)[O-])n1. The molecule has 1 heterocycles. The van der Waals surface area contributed by atoms with Crippen molar-refractivity contribution in [2.75, 3.05) is 11.1 Å². The van der Waals surface area contributed by atoms with Crippen molar-refractivity contribution in [3.63, 3.8) is 0 Å². The third-order valence-corrected chi connectivity index (χ3v) is 3.34. The largest absolute Gasteiger partial charge is 0.320 e. The van der Waals surface area contributed by atoms with E-state index in [1.165, 1.54) is 23.9 Å². The number of rotatable bonds is 5. The minimum atomic E-state index is -0.535. The fourth-order valence-electron chi connectivity index (χ4n) is 1.55. The Kier molecular flexibility index (Phi) is 4.83. The molecule has 7 nitrogen and oxygen atoms in total. The molecule has 2 aromatic rings. The molecule has 0 saturated carbocycles. The number of nitrogens with zero attached hydrogens (tertiary/aromatic N) is 3. The lowest BCUT2D eigenvalue weighted by atomic mass is 10.2. The van der Waals surface area contributed by atoms with Crippen molar-refractivity contribution in [1.82, 2.24) is 9.97 Å². The van der Waals surface area contributed by atoms with Gasteiger partial charge in [0.25, 0.3) is 5.69 Å². The molecule has 0 bridgehead atoms. The van der Waals surface area contributed by atoms with Gasteiger partial charge in [-0.05, 0) is 19.1 Å². The Balaban J connectivity index is 1.98. The number of hydrogen-bond donors (Lipinski definition) is 1. The number of nitro benzene ring substituents is 1. The molecule has 0 aliphatic rings. The van der Waals surface area contributed by atoms with E-state index >= 15 is 0 Å². The van der Waals surface area contributed by atoms with Crippen LogP contribution in [0.2, 0.25) is 0 Å². The smallest absolute Gasteiger partial charge is 0.292 e. The van der Waals surface area contributed by atoms with Gasteiger partial charge in [-0.25, -0.2) is 9.97 Å². The van der Waals surface area contributed by atoms with Crippen LogP contribution in [0.1, 0.15) is 5.69 Å². The number of nitro groups is 1. The number of carbonyl (C=O) groups excluding carboxylic acids is 1. The molecule has 0 unspecified atom stereocenters. The van der Waals surface area contributed by atoms with Crippen molar-refractivity contribution in [3.8, 4) is 0 Å². The van der Waals surface area contributed by atoms with Crippen LogP contribution >= 0.6 is 11.8 Å². The monoisotopic (exact) mass is 304 g/mol. The molecule has 0 radical (unpaired) electrons. The van der Waals surface area contributed by atoms with Crippen molar-refractivity contribution >= 4 is 29.0 Å². The van der Waals surface area contributed by atoms with Gasteiger partial charge in [-0.2, -0.15) is 0 Å². The summed E-state index contributed by atoms with van der Waals surface area (Å²) in [5, 5.41) is 13.9. The van der Waals surface area contributed by atoms with E-state index in [0.717, 1.165) is 5.69 Å². The van der Waals surface area contributed by atoms with Gasteiger partial charge in [0.15, 0.2) is 5.16 Å². The number of anilines is 1. The number of amides is 1. The molecule has 8 heteroatoms. The highest BCUT2D eigenvalue weighted by atomic mass is 32.2. The Hall–Kier alpha value is -2.48. The van der Waals surface area contributed by atoms with Gasteiger partial charge >= 0.3 is 0 Å². The van der Waals surface area contributed by atoms with E-state index in [0.29, 0.717) is 5.16 Å². The average Bonchev–Trinajstić information content (AvgIpc) is 2.45. The zero-order valence-corrected chi connectivity index (χ0v) is 12.0. The minimum absolute atomic E-state index is 0.0789. The van der Waals surface area contributed by atoms with Crippen LogP contribution in [0, 0.1) is 17.0 Å². The van der Waals surface area contributed by atoms with Gasteiger partial charge in [0, 0.05) is 18.0 Å². The molecule has 2 rings (SSSR count). The predicted octanol–water partition coefficient (Wildman–Crippen LogP) is 2.42. The number of para-hydroxylation sites is 2. The third-order valence-electron chi connectivity index (χ3n) is 2.48. The van der Waals surface area contributed by atoms with Gasteiger partial charge < -0.3 is 5.32 Å². The zero-order chi connectivity index (χ0) is 15.2. The molecule has 0 saturated heterocycles. The van der Waals surface area contributed by atoms with Crippen LogP contribution in [0.4, 0.5) is 11.4 Å². The number of aryl methyl sites for hydroxylation is 1. The summed E-state index contributed by atoms with van der Waals surface area (Å²) in [5.41, 5.74) is 0.854.